The second-order valence-corrected chi connectivity index (χ2v) is 8.66. The zero-order valence-corrected chi connectivity index (χ0v) is 17.2. The van der Waals surface area contributed by atoms with Crippen molar-refractivity contribution in [1.29, 1.82) is 0 Å². The quantitative estimate of drug-likeness (QED) is 0.771. The number of rotatable bonds is 3. The fraction of sp³-hybridized carbons (Fsp3) is 0.455. The van der Waals surface area contributed by atoms with E-state index in [0.717, 1.165) is 56.0 Å². The molecule has 1 aromatic heterocycles. The first-order valence-corrected chi connectivity index (χ1v) is 11.1. The second kappa shape index (κ2) is 8.95. The van der Waals surface area contributed by atoms with Crippen molar-refractivity contribution in [3.63, 3.8) is 0 Å². The van der Waals surface area contributed by atoms with E-state index in [-0.39, 0.29) is 23.5 Å². The van der Waals surface area contributed by atoms with E-state index in [0.29, 0.717) is 13.1 Å². The van der Waals surface area contributed by atoms with Gasteiger partial charge in [-0.25, -0.2) is 4.39 Å². The van der Waals surface area contributed by atoms with Crippen LogP contribution in [0.4, 0.5) is 10.1 Å². The van der Waals surface area contributed by atoms with E-state index in [1.54, 1.807) is 12.1 Å². The molecule has 4 rings (SSSR count). The highest BCUT2D eigenvalue weighted by molar-refractivity contribution is 7.12. The van der Waals surface area contributed by atoms with Gasteiger partial charge >= 0.3 is 0 Å². The number of benzene rings is 1. The third-order valence-corrected chi connectivity index (χ3v) is 6.65. The first-order valence-electron chi connectivity index (χ1n) is 10.2. The molecule has 29 heavy (non-hydrogen) atoms. The summed E-state index contributed by atoms with van der Waals surface area (Å²) in [5.74, 6) is -0.158. The number of hydrogen-bond acceptors (Lipinski definition) is 4. The first-order chi connectivity index (χ1) is 14.1. The monoisotopic (exact) mass is 415 g/mol. The predicted molar refractivity (Wildman–Crippen MR) is 113 cm³/mol. The van der Waals surface area contributed by atoms with Crippen molar-refractivity contribution in [2.45, 2.75) is 19.3 Å². The van der Waals surface area contributed by atoms with Gasteiger partial charge < -0.3 is 14.7 Å². The van der Waals surface area contributed by atoms with Crippen LogP contribution in [-0.4, -0.2) is 60.9 Å². The van der Waals surface area contributed by atoms with Crippen LogP contribution in [0.3, 0.4) is 0 Å². The van der Waals surface area contributed by atoms with Crippen molar-refractivity contribution in [1.82, 2.24) is 9.80 Å². The fourth-order valence-electron chi connectivity index (χ4n) is 4.23. The van der Waals surface area contributed by atoms with E-state index in [1.807, 2.05) is 27.3 Å². The van der Waals surface area contributed by atoms with Gasteiger partial charge in [0.25, 0.3) is 5.91 Å². The van der Waals surface area contributed by atoms with Crippen molar-refractivity contribution in [3.8, 4) is 0 Å². The van der Waals surface area contributed by atoms with Gasteiger partial charge in [0.05, 0.1) is 10.8 Å². The highest BCUT2D eigenvalue weighted by Gasteiger charge is 2.32. The number of piperidine rings is 1. The van der Waals surface area contributed by atoms with Gasteiger partial charge in [0, 0.05) is 45.0 Å². The van der Waals surface area contributed by atoms with Crippen molar-refractivity contribution in [2.24, 2.45) is 5.92 Å². The van der Waals surface area contributed by atoms with Crippen molar-refractivity contribution in [3.05, 3.63) is 52.5 Å². The standard InChI is InChI=1S/C22H26FN3O2S/c23-18-6-8-19(9-7-18)24-11-3-12-25(14-13-24)21(27)17-4-1-10-26(16-17)22(28)20-5-2-15-29-20/h2,5-9,15,17H,1,3-4,10-14,16H2. The predicted octanol–water partition coefficient (Wildman–Crippen LogP) is 3.48. The Labute approximate surface area is 174 Å². The summed E-state index contributed by atoms with van der Waals surface area (Å²) in [6.45, 7) is 4.20. The molecule has 2 aromatic rings. The summed E-state index contributed by atoms with van der Waals surface area (Å²) in [6, 6.07) is 10.3. The van der Waals surface area contributed by atoms with E-state index in [4.69, 9.17) is 0 Å². The molecule has 1 atom stereocenters. The minimum atomic E-state index is -0.237. The third kappa shape index (κ3) is 4.61. The molecule has 5 nitrogen and oxygen atoms in total. The summed E-state index contributed by atoms with van der Waals surface area (Å²) < 4.78 is 13.2. The number of amides is 2. The molecule has 2 saturated heterocycles. The topological polar surface area (TPSA) is 43.9 Å². The molecule has 2 amide bonds. The average molecular weight is 416 g/mol. The largest absolute Gasteiger partial charge is 0.370 e. The zero-order valence-electron chi connectivity index (χ0n) is 16.4. The molecule has 0 saturated carbocycles. The lowest BCUT2D eigenvalue weighted by molar-refractivity contribution is -0.136. The Morgan fingerprint density at radius 2 is 1.72 bits per heavy atom. The van der Waals surface area contributed by atoms with Crippen LogP contribution < -0.4 is 4.90 Å². The van der Waals surface area contributed by atoms with Crippen LogP contribution >= 0.6 is 11.3 Å². The summed E-state index contributed by atoms with van der Waals surface area (Å²) in [4.78, 5) is 32.6. The Balaban J connectivity index is 1.36. The maximum atomic E-state index is 13.2. The smallest absolute Gasteiger partial charge is 0.263 e. The number of carbonyl (C=O) groups is 2. The van der Waals surface area contributed by atoms with Gasteiger partial charge in [0.15, 0.2) is 0 Å². The Hall–Kier alpha value is -2.41. The van der Waals surface area contributed by atoms with Crippen LogP contribution in [0.2, 0.25) is 0 Å². The van der Waals surface area contributed by atoms with Gasteiger partial charge in [-0.15, -0.1) is 11.3 Å². The van der Waals surface area contributed by atoms with E-state index in [2.05, 4.69) is 4.90 Å². The van der Waals surface area contributed by atoms with Gasteiger partial charge in [-0.05, 0) is 55.0 Å². The van der Waals surface area contributed by atoms with Gasteiger partial charge in [0.1, 0.15) is 5.82 Å². The molecular formula is C22H26FN3O2S. The lowest BCUT2D eigenvalue weighted by Gasteiger charge is -2.34. The zero-order chi connectivity index (χ0) is 20.2. The normalized spacial score (nSPS) is 20.4. The van der Waals surface area contributed by atoms with E-state index in [1.165, 1.54) is 23.5 Å². The molecule has 0 spiro atoms. The molecule has 0 aliphatic carbocycles. The van der Waals surface area contributed by atoms with Crippen LogP contribution in [0, 0.1) is 11.7 Å². The Bertz CT molecular complexity index is 840. The Morgan fingerprint density at radius 3 is 2.48 bits per heavy atom. The molecule has 0 N–H and O–H groups in total. The van der Waals surface area contributed by atoms with Crippen LogP contribution in [0.25, 0.3) is 0 Å². The maximum absolute atomic E-state index is 13.2. The van der Waals surface area contributed by atoms with Crippen LogP contribution in [0.1, 0.15) is 28.9 Å². The number of halogens is 1. The number of nitrogens with zero attached hydrogens (tertiary/aromatic N) is 3. The molecule has 0 radical (unpaired) electrons. The number of thiophene rings is 1. The fourth-order valence-corrected chi connectivity index (χ4v) is 4.92. The minimum absolute atomic E-state index is 0.0378. The SMILES string of the molecule is O=C(c1cccs1)N1CCCC(C(=O)N2CCCN(c3ccc(F)cc3)CC2)C1. The first kappa shape index (κ1) is 19.9. The molecule has 154 valence electrons. The van der Waals surface area contributed by atoms with Crippen LogP contribution in [-0.2, 0) is 4.79 Å². The van der Waals surface area contributed by atoms with Crippen molar-refractivity contribution < 1.29 is 14.0 Å². The molecule has 1 unspecified atom stereocenters. The summed E-state index contributed by atoms with van der Waals surface area (Å²) in [5.41, 5.74) is 0.992. The van der Waals surface area contributed by atoms with Gasteiger partial charge in [-0.1, -0.05) is 6.07 Å². The van der Waals surface area contributed by atoms with Crippen molar-refractivity contribution in [2.75, 3.05) is 44.2 Å². The van der Waals surface area contributed by atoms with E-state index < -0.39 is 0 Å². The lowest BCUT2D eigenvalue weighted by atomic mass is 9.96. The number of likely N-dealkylation sites (tertiary alicyclic amines) is 1. The maximum Gasteiger partial charge on any atom is 0.263 e. The number of carbonyl (C=O) groups excluding carboxylic acids is 2. The molecular weight excluding hydrogens is 389 g/mol. The summed E-state index contributed by atoms with van der Waals surface area (Å²) in [6.07, 6.45) is 2.59. The summed E-state index contributed by atoms with van der Waals surface area (Å²) >= 11 is 1.45. The molecule has 3 heterocycles. The van der Waals surface area contributed by atoms with Gasteiger partial charge in [-0.3, -0.25) is 9.59 Å². The average Bonchev–Trinajstić information content (AvgIpc) is 3.18. The van der Waals surface area contributed by atoms with Crippen molar-refractivity contribution >= 4 is 28.8 Å². The summed E-state index contributed by atoms with van der Waals surface area (Å²) in [5, 5.41) is 1.91. The molecule has 2 aliphatic heterocycles. The second-order valence-electron chi connectivity index (χ2n) is 7.71. The van der Waals surface area contributed by atoms with E-state index >= 15 is 0 Å². The lowest BCUT2D eigenvalue weighted by Crippen LogP contribution is -2.47. The Kier molecular flexibility index (Phi) is 6.13. The molecule has 7 heteroatoms. The third-order valence-electron chi connectivity index (χ3n) is 5.79. The highest BCUT2D eigenvalue weighted by atomic mass is 32.1. The molecule has 2 fully saturated rings. The molecule has 2 aliphatic rings. The van der Waals surface area contributed by atoms with Crippen LogP contribution in [0.15, 0.2) is 41.8 Å². The summed E-state index contributed by atoms with van der Waals surface area (Å²) in [7, 11) is 0. The molecule has 0 bridgehead atoms. The van der Waals surface area contributed by atoms with E-state index in [9.17, 15) is 14.0 Å². The van der Waals surface area contributed by atoms with Crippen LogP contribution in [0.5, 0.6) is 0 Å². The number of anilines is 1. The number of hydrogen-bond donors (Lipinski definition) is 0. The van der Waals surface area contributed by atoms with Gasteiger partial charge in [-0.2, -0.15) is 0 Å². The van der Waals surface area contributed by atoms with Gasteiger partial charge in [0.2, 0.25) is 5.91 Å². The Morgan fingerprint density at radius 1 is 0.931 bits per heavy atom. The minimum Gasteiger partial charge on any atom is -0.370 e. The molecule has 1 aromatic carbocycles. The highest BCUT2D eigenvalue weighted by Crippen LogP contribution is 2.23.